The van der Waals surface area contributed by atoms with E-state index in [0.29, 0.717) is 6.61 Å². The molecule has 0 spiro atoms. The van der Waals surface area contributed by atoms with Gasteiger partial charge in [0.15, 0.2) is 0 Å². The van der Waals surface area contributed by atoms with E-state index in [4.69, 9.17) is 14.0 Å². The van der Waals surface area contributed by atoms with Crippen molar-refractivity contribution >= 4 is 12.2 Å². The van der Waals surface area contributed by atoms with Crippen molar-refractivity contribution in [3.63, 3.8) is 0 Å². The largest absolute Gasteiger partial charge is 0.490 e. The molecule has 1 unspecified atom stereocenters. The molecular weight excluding hydrogens is 254 g/mol. The molecule has 0 bridgehead atoms. The van der Waals surface area contributed by atoms with Gasteiger partial charge in [0.1, 0.15) is 24.2 Å². The maximum Gasteiger partial charge on any atom is 0.141 e. The summed E-state index contributed by atoms with van der Waals surface area (Å²) < 4.78 is 16.1. The van der Waals surface area contributed by atoms with E-state index in [-0.39, 0.29) is 6.10 Å². The number of benzene rings is 1. The van der Waals surface area contributed by atoms with Crippen LogP contribution in [0.4, 0.5) is 0 Å². The van der Waals surface area contributed by atoms with Crippen LogP contribution in [-0.2, 0) is 4.74 Å². The highest BCUT2D eigenvalue weighted by Gasteiger charge is 2.23. The molecule has 104 valence electrons. The predicted molar refractivity (Wildman–Crippen MR) is 76.6 cm³/mol. The first-order valence-corrected chi connectivity index (χ1v) is 6.68. The Hall–Kier alpha value is -2.07. The van der Waals surface area contributed by atoms with Gasteiger partial charge >= 0.3 is 0 Å². The Bertz CT molecular complexity index is 607. The summed E-state index contributed by atoms with van der Waals surface area (Å²) in [5.41, 5.74) is 2.95. The normalized spacial score (nSPS) is 17.6. The van der Waals surface area contributed by atoms with Gasteiger partial charge in [0, 0.05) is 11.1 Å². The minimum absolute atomic E-state index is 0.259. The van der Waals surface area contributed by atoms with Gasteiger partial charge in [0.05, 0.1) is 12.3 Å². The minimum Gasteiger partial charge on any atom is -0.490 e. The van der Waals surface area contributed by atoms with Gasteiger partial charge in [-0.1, -0.05) is 29.4 Å². The third-order valence-electron chi connectivity index (χ3n) is 3.26. The first-order valence-electron chi connectivity index (χ1n) is 6.68. The van der Waals surface area contributed by atoms with E-state index in [1.807, 2.05) is 50.3 Å². The molecule has 3 rings (SSSR count). The molecule has 0 saturated carbocycles. The summed E-state index contributed by atoms with van der Waals surface area (Å²) in [5.74, 6) is 1.69. The third-order valence-corrected chi connectivity index (χ3v) is 3.26. The van der Waals surface area contributed by atoms with Crippen molar-refractivity contribution in [2.75, 3.05) is 13.2 Å². The second-order valence-electron chi connectivity index (χ2n) is 4.88. The van der Waals surface area contributed by atoms with Crippen LogP contribution in [0, 0.1) is 13.8 Å². The summed E-state index contributed by atoms with van der Waals surface area (Å²) >= 11 is 0. The van der Waals surface area contributed by atoms with Crippen molar-refractivity contribution in [1.82, 2.24) is 5.16 Å². The molecule has 1 atom stereocenters. The van der Waals surface area contributed by atoms with Crippen LogP contribution in [0.15, 0.2) is 28.8 Å². The molecule has 20 heavy (non-hydrogen) atoms. The van der Waals surface area contributed by atoms with Crippen LogP contribution in [0.3, 0.4) is 0 Å². The Balaban J connectivity index is 1.79. The second kappa shape index (κ2) is 5.51. The number of hydrogen-bond donors (Lipinski definition) is 0. The summed E-state index contributed by atoms with van der Waals surface area (Å²) in [5, 5.41) is 3.94. The molecule has 1 aliphatic rings. The smallest absolute Gasteiger partial charge is 0.141 e. The van der Waals surface area contributed by atoms with Crippen LogP contribution in [0.2, 0.25) is 0 Å². The fourth-order valence-corrected chi connectivity index (χ4v) is 2.00. The molecular formula is C16H17NO3. The molecule has 0 N–H and O–H groups in total. The summed E-state index contributed by atoms with van der Waals surface area (Å²) in [6, 6.07) is 7.96. The van der Waals surface area contributed by atoms with E-state index in [1.54, 1.807) is 0 Å². The molecule has 1 aliphatic heterocycles. The van der Waals surface area contributed by atoms with E-state index in [2.05, 4.69) is 5.16 Å². The van der Waals surface area contributed by atoms with Crippen molar-refractivity contribution in [2.45, 2.75) is 20.0 Å². The monoisotopic (exact) mass is 271 g/mol. The number of rotatable bonds is 5. The first kappa shape index (κ1) is 12.9. The number of ether oxygens (including phenoxy) is 2. The zero-order valence-corrected chi connectivity index (χ0v) is 11.6. The highest BCUT2D eigenvalue weighted by molar-refractivity contribution is 5.73. The molecule has 1 aromatic carbocycles. The molecule has 2 aromatic rings. The molecule has 1 fully saturated rings. The van der Waals surface area contributed by atoms with Crippen LogP contribution < -0.4 is 4.74 Å². The predicted octanol–water partition coefficient (Wildman–Crippen LogP) is 3.24. The molecule has 1 saturated heterocycles. The van der Waals surface area contributed by atoms with Gasteiger partial charge in [-0.25, -0.2) is 0 Å². The van der Waals surface area contributed by atoms with E-state index in [1.165, 1.54) is 0 Å². The molecule has 0 radical (unpaired) electrons. The molecule has 4 nitrogen and oxygen atoms in total. The number of para-hydroxylation sites is 1. The molecule has 1 aromatic heterocycles. The number of hydrogen-bond acceptors (Lipinski definition) is 4. The van der Waals surface area contributed by atoms with Crippen LogP contribution in [0.25, 0.3) is 12.2 Å². The number of aryl methyl sites for hydroxylation is 2. The molecule has 0 aliphatic carbocycles. The molecule has 4 heteroatoms. The average Bonchev–Trinajstić information content (AvgIpc) is 3.23. The van der Waals surface area contributed by atoms with Crippen molar-refractivity contribution in [1.29, 1.82) is 0 Å². The van der Waals surface area contributed by atoms with Crippen LogP contribution >= 0.6 is 0 Å². The minimum atomic E-state index is 0.259. The summed E-state index contributed by atoms with van der Waals surface area (Å²) in [4.78, 5) is 0. The van der Waals surface area contributed by atoms with Crippen LogP contribution in [-0.4, -0.2) is 24.5 Å². The second-order valence-corrected chi connectivity index (χ2v) is 4.88. The average molecular weight is 271 g/mol. The SMILES string of the molecule is Cc1noc(C)c1/C=C/c1ccccc1OCC1CO1. The summed E-state index contributed by atoms with van der Waals surface area (Å²) in [6.07, 6.45) is 4.29. The Morgan fingerprint density at radius 1 is 1.30 bits per heavy atom. The quantitative estimate of drug-likeness (QED) is 0.783. The lowest BCUT2D eigenvalue weighted by Crippen LogP contribution is -2.04. The van der Waals surface area contributed by atoms with Gasteiger partial charge in [-0.15, -0.1) is 0 Å². The van der Waals surface area contributed by atoms with E-state index in [9.17, 15) is 0 Å². The van der Waals surface area contributed by atoms with Crippen LogP contribution in [0.1, 0.15) is 22.6 Å². The van der Waals surface area contributed by atoms with Gasteiger partial charge in [-0.05, 0) is 26.0 Å². The maximum absolute atomic E-state index is 5.78. The maximum atomic E-state index is 5.78. The van der Waals surface area contributed by atoms with Crippen LogP contribution in [0.5, 0.6) is 5.75 Å². The van der Waals surface area contributed by atoms with Gasteiger partial charge < -0.3 is 14.0 Å². The lowest BCUT2D eigenvalue weighted by Gasteiger charge is -2.07. The zero-order chi connectivity index (χ0) is 13.9. The Morgan fingerprint density at radius 2 is 2.10 bits per heavy atom. The number of epoxide rings is 1. The number of aromatic nitrogens is 1. The van der Waals surface area contributed by atoms with E-state index >= 15 is 0 Å². The van der Waals surface area contributed by atoms with Crippen molar-refractivity contribution in [3.8, 4) is 5.75 Å². The van der Waals surface area contributed by atoms with E-state index in [0.717, 1.165) is 34.9 Å². The molecule has 2 heterocycles. The lowest BCUT2D eigenvalue weighted by molar-refractivity contribution is 0.262. The van der Waals surface area contributed by atoms with Gasteiger partial charge in [-0.3, -0.25) is 0 Å². The van der Waals surface area contributed by atoms with Gasteiger partial charge in [-0.2, -0.15) is 0 Å². The highest BCUT2D eigenvalue weighted by atomic mass is 16.6. The topological polar surface area (TPSA) is 47.8 Å². The number of nitrogens with zero attached hydrogens (tertiary/aromatic N) is 1. The standard InChI is InChI=1S/C16H17NO3/c1-11-15(12(2)20-17-11)8-7-13-5-3-4-6-16(13)19-10-14-9-18-14/h3-8,14H,9-10H2,1-2H3/b8-7+. The highest BCUT2D eigenvalue weighted by Crippen LogP contribution is 2.23. The molecule has 0 amide bonds. The van der Waals surface area contributed by atoms with Crippen molar-refractivity contribution in [2.24, 2.45) is 0 Å². The zero-order valence-electron chi connectivity index (χ0n) is 11.6. The first-order chi connectivity index (χ1) is 9.74. The summed E-state index contributed by atoms with van der Waals surface area (Å²) in [6.45, 7) is 5.25. The van der Waals surface area contributed by atoms with E-state index < -0.39 is 0 Å². The van der Waals surface area contributed by atoms with Crippen molar-refractivity contribution in [3.05, 3.63) is 46.8 Å². The summed E-state index contributed by atoms with van der Waals surface area (Å²) in [7, 11) is 0. The fraction of sp³-hybridized carbons (Fsp3) is 0.312. The van der Waals surface area contributed by atoms with Crippen molar-refractivity contribution < 1.29 is 14.0 Å². The van der Waals surface area contributed by atoms with Gasteiger partial charge in [0.25, 0.3) is 0 Å². The third kappa shape index (κ3) is 2.91. The lowest BCUT2D eigenvalue weighted by atomic mass is 10.1. The Kier molecular flexibility index (Phi) is 3.56. The Morgan fingerprint density at radius 3 is 2.80 bits per heavy atom. The fourth-order valence-electron chi connectivity index (χ4n) is 2.00. The Labute approximate surface area is 118 Å². The van der Waals surface area contributed by atoms with Gasteiger partial charge in [0.2, 0.25) is 0 Å².